The van der Waals surface area contributed by atoms with E-state index in [0.717, 1.165) is 19.1 Å². The average Bonchev–Trinajstić information content (AvgIpc) is 3.04. The van der Waals surface area contributed by atoms with E-state index in [-0.39, 0.29) is 0 Å². The maximum Gasteiger partial charge on any atom is 0.0638 e. The van der Waals surface area contributed by atoms with Crippen LogP contribution in [0.3, 0.4) is 0 Å². The first-order chi connectivity index (χ1) is 10.2. The number of rotatable bonds is 5. The molecule has 21 heavy (non-hydrogen) atoms. The topological polar surface area (TPSA) is 24.3 Å². The molecule has 2 atom stereocenters. The second-order valence-electron chi connectivity index (χ2n) is 6.93. The van der Waals surface area contributed by atoms with Crippen LogP contribution in [0.2, 0.25) is 0 Å². The highest BCUT2D eigenvalue weighted by Crippen LogP contribution is 2.26. The second-order valence-corrected chi connectivity index (χ2v) is 6.93. The van der Waals surface area contributed by atoms with Crippen molar-refractivity contribution >= 4 is 0 Å². The molecule has 4 heteroatoms. The van der Waals surface area contributed by atoms with Gasteiger partial charge >= 0.3 is 0 Å². The summed E-state index contributed by atoms with van der Waals surface area (Å²) in [6.45, 7) is 12.7. The zero-order chi connectivity index (χ0) is 14.8. The van der Waals surface area contributed by atoms with Gasteiger partial charge in [-0.15, -0.1) is 0 Å². The van der Waals surface area contributed by atoms with Gasteiger partial charge in [-0.2, -0.15) is 5.10 Å². The van der Waals surface area contributed by atoms with Crippen LogP contribution in [0, 0.1) is 6.92 Å². The van der Waals surface area contributed by atoms with Crippen molar-refractivity contribution in [2.45, 2.75) is 71.6 Å². The van der Waals surface area contributed by atoms with Crippen molar-refractivity contribution in [3.63, 3.8) is 0 Å². The molecule has 1 aromatic heterocycles. The molecule has 0 bridgehead atoms. The Labute approximate surface area is 129 Å². The van der Waals surface area contributed by atoms with Gasteiger partial charge in [-0.25, -0.2) is 0 Å². The van der Waals surface area contributed by atoms with Crippen LogP contribution in [0.25, 0.3) is 0 Å². The number of aryl methyl sites for hydroxylation is 2. The van der Waals surface area contributed by atoms with E-state index in [1.165, 1.54) is 56.6 Å². The molecule has 2 aliphatic rings. The number of aromatic nitrogens is 2. The molecule has 0 spiro atoms. The van der Waals surface area contributed by atoms with E-state index in [9.17, 15) is 0 Å². The highest BCUT2D eigenvalue weighted by Gasteiger charge is 2.34. The molecule has 0 aliphatic carbocycles. The summed E-state index contributed by atoms with van der Waals surface area (Å²) in [5.41, 5.74) is 2.64. The van der Waals surface area contributed by atoms with Crippen LogP contribution >= 0.6 is 0 Å². The van der Waals surface area contributed by atoms with Gasteiger partial charge in [0, 0.05) is 50.0 Å². The van der Waals surface area contributed by atoms with Gasteiger partial charge in [0.25, 0.3) is 0 Å². The third-order valence-electron chi connectivity index (χ3n) is 5.23. The molecule has 4 nitrogen and oxygen atoms in total. The first kappa shape index (κ1) is 15.0. The Morgan fingerprint density at radius 3 is 3.00 bits per heavy atom. The van der Waals surface area contributed by atoms with Crippen LogP contribution in [0.15, 0.2) is 6.20 Å². The number of piperazine rings is 1. The summed E-state index contributed by atoms with van der Waals surface area (Å²) in [7, 11) is 0. The summed E-state index contributed by atoms with van der Waals surface area (Å²) in [4.78, 5) is 5.36. The van der Waals surface area contributed by atoms with Crippen molar-refractivity contribution in [3.05, 3.63) is 17.5 Å². The van der Waals surface area contributed by atoms with E-state index in [1.54, 1.807) is 0 Å². The van der Waals surface area contributed by atoms with Gasteiger partial charge in [-0.05, 0) is 39.7 Å². The van der Waals surface area contributed by atoms with Crippen molar-refractivity contribution in [2.75, 3.05) is 19.6 Å². The lowest BCUT2D eigenvalue weighted by atomic mass is 10.1. The van der Waals surface area contributed by atoms with E-state index in [1.807, 2.05) is 0 Å². The molecule has 0 amide bonds. The first-order valence-electron chi connectivity index (χ1n) is 8.68. The molecular weight excluding hydrogens is 260 g/mol. The fraction of sp³-hybridized carbons (Fsp3) is 0.824. The van der Waals surface area contributed by atoms with Gasteiger partial charge in [-0.3, -0.25) is 14.5 Å². The molecule has 0 N–H and O–H groups in total. The Morgan fingerprint density at radius 2 is 2.19 bits per heavy atom. The van der Waals surface area contributed by atoms with Gasteiger partial charge in [-0.1, -0.05) is 13.3 Å². The molecule has 2 fully saturated rings. The Morgan fingerprint density at radius 1 is 1.33 bits per heavy atom. The second kappa shape index (κ2) is 6.49. The third-order valence-corrected chi connectivity index (χ3v) is 5.23. The Bertz CT molecular complexity index is 467. The summed E-state index contributed by atoms with van der Waals surface area (Å²) in [6.07, 6.45) is 7.50. The van der Waals surface area contributed by atoms with Crippen molar-refractivity contribution in [3.8, 4) is 0 Å². The minimum Gasteiger partial charge on any atom is -0.298 e. The van der Waals surface area contributed by atoms with Gasteiger partial charge in [0.1, 0.15) is 0 Å². The number of fused-ring (bicyclic) bond motifs is 1. The lowest BCUT2D eigenvalue weighted by Gasteiger charge is -2.42. The fourth-order valence-electron chi connectivity index (χ4n) is 3.84. The normalized spacial score (nSPS) is 27.2. The quantitative estimate of drug-likeness (QED) is 0.833. The predicted molar refractivity (Wildman–Crippen MR) is 86.3 cm³/mol. The molecule has 1 aromatic rings. The van der Waals surface area contributed by atoms with Crippen LogP contribution in [0.1, 0.15) is 50.8 Å². The standard InChI is InChI=1S/C17H30N4/c1-4-5-9-21-12-16(15(3)18-21)11-20-13-17-7-6-8-19(17)10-14(20)2/h12,14,17H,4-11,13H2,1-3H3/t14-,17-/m1/s1. The summed E-state index contributed by atoms with van der Waals surface area (Å²) < 4.78 is 2.14. The minimum atomic E-state index is 0.665. The van der Waals surface area contributed by atoms with Crippen molar-refractivity contribution in [1.82, 2.24) is 19.6 Å². The van der Waals surface area contributed by atoms with E-state index in [0.29, 0.717) is 6.04 Å². The number of unbranched alkanes of at least 4 members (excludes halogenated alkanes) is 1. The zero-order valence-corrected chi connectivity index (χ0v) is 13.9. The summed E-state index contributed by atoms with van der Waals surface area (Å²) in [6, 6.07) is 1.47. The maximum absolute atomic E-state index is 4.68. The van der Waals surface area contributed by atoms with Gasteiger partial charge in [0.05, 0.1) is 5.69 Å². The van der Waals surface area contributed by atoms with Crippen LogP contribution in [-0.2, 0) is 13.1 Å². The van der Waals surface area contributed by atoms with Crippen molar-refractivity contribution < 1.29 is 0 Å². The third kappa shape index (κ3) is 3.32. The number of nitrogens with zero attached hydrogens (tertiary/aromatic N) is 4. The monoisotopic (exact) mass is 290 g/mol. The minimum absolute atomic E-state index is 0.665. The van der Waals surface area contributed by atoms with Crippen molar-refractivity contribution in [2.24, 2.45) is 0 Å². The molecule has 0 unspecified atom stereocenters. The SMILES string of the molecule is CCCCn1cc(CN2C[C@H]3CCCN3C[C@H]2C)c(C)n1. The molecule has 0 aromatic carbocycles. The number of hydrogen-bond donors (Lipinski definition) is 0. The molecule has 0 saturated carbocycles. The molecule has 0 radical (unpaired) electrons. The molecule has 3 rings (SSSR count). The molecule has 2 saturated heterocycles. The summed E-state index contributed by atoms with van der Waals surface area (Å²) in [5, 5.41) is 4.68. The van der Waals surface area contributed by atoms with E-state index in [4.69, 9.17) is 0 Å². The highest BCUT2D eigenvalue weighted by molar-refractivity contribution is 5.16. The van der Waals surface area contributed by atoms with Crippen LogP contribution in [0.4, 0.5) is 0 Å². The summed E-state index contributed by atoms with van der Waals surface area (Å²) >= 11 is 0. The molecule has 3 heterocycles. The zero-order valence-electron chi connectivity index (χ0n) is 13.9. The molecule has 2 aliphatic heterocycles. The van der Waals surface area contributed by atoms with Gasteiger partial charge in [0.15, 0.2) is 0 Å². The molecule has 118 valence electrons. The Balaban J connectivity index is 1.64. The Hall–Kier alpha value is -0.870. The average molecular weight is 290 g/mol. The van der Waals surface area contributed by atoms with Crippen LogP contribution < -0.4 is 0 Å². The maximum atomic E-state index is 4.68. The molecular formula is C17H30N4. The summed E-state index contributed by atoms with van der Waals surface area (Å²) in [5.74, 6) is 0. The van der Waals surface area contributed by atoms with Crippen molar-refractivity contribution in [1.29, 1.82) is 0 Å². The van der Waals surface area contributed by atoms with Gasteiger partial charge < -0.3 is 0 Å². The van der Waals surface area contributed by atoms with Crippen LogP contribution in [-0.4, -0.2) is 51.3 Å². The fourth-order valence-corrected chi connectivity index (χ4v) is 3.84. The van der Waals surface area contributed by atoms with E-state index < -0.39 is 0 Å². The largest absolute Gasteiger partial charge is 0.298 e. The Kier molecular flexibility index (Phi) is 4.65. The first-order valence-corrected chi connectivity index (χ1v) is 8.68. The predicted octanol–water partition coefficient (Wildman–Crippen LogP) is 2.66. The van der Waals surface area contributed by atoms with Gasteiger partial charge in [0.2, 0.25) is 0 Å². The lowest BCUT2D eigenvalue weighted by molar-refractivity contribution is 0.0539. The number of hydrogen-bond acceptors (Lipinski definition) is 3. The lowest BCUT2D eigenvalue weighted by Crippen LogP contribution is -2.54. The van der Waals surface area contributed by atoms with E-state index in [2.05, 4.69) is 46.5 Å². The smallest absolute Gasteiger partial charge is 0.0638 e. The van der Waals surface area contributed by atoms with E-state index >= 15 is 0 Å². The van der Waals surface area contributed by atoms with Crippen LogP contribution in [0.5, 0.6) is 0 Å². The highest BCUT2D eigenvalue weighted by atomic mass is 15.3.